The van der Waals surface area contributed by atoms with Crippen LogP contribution in [0.25, 0.3) is 6.08 Å². The summed E-state index contributed by atoms with van der Waals surface area (Å²) in [6, 6.07) is 12.9. The number of esters is 1. The summed E-state index contributed by atoms with van der Waals surface area (Å²) < 4.78 is 4.93. The van der Waals surface area contributed by atoms with Crippen molar-refractivity contribution < 1.29 is 9.53 Å². The highest BCUT2D eigenvalue weighted by Gasteiger charge is 2.31. The number of benzene rings is 1. The van der Waals surface area contributed by atoms with Gasteiger partial charge in [-0.15, -0.1) is 0 Å². The maximum Gasteiger partial charge on any atom is 0.345 e. The lowest BCUT2D eigenvalue weighted by molar-refractivity contribution is -0.132. The minimum atomic E-state index is -0.754. The molecular formula is C20H16N4O2. The molecule has 0 saturated heterocycles. The lowest BCUT2D eigenvalue weighted by atomic mass is 10.1. The lowest BCUT2D eigenvalue weighted by Crippen LogP contribution is -2.21. The number of nitrogens with zero attached hydrogens (tertiary/aromatic N) is 4. The fourth-order valence-electron chi connectivity index (χ4n) is 2.55. The van der Waals surface area contributed by atoms with E-state index in [1.807, 2.05) is 30.3 Å². The van der Waals surface area contributed by atoms with Gasteiger partial charge in [-0.25, -0.2) is 4.79 Å². The number of nitriles is 3. The zero-order chi connectivity index (χ0) is 19.1. The number of carbonyl (C=O) groups is 1. The quantitative estimate of drug-likeness (QED) is 0.600. The van der Waals surface area contributed by atoms with Crippen LogP contribution in [0, 0.1) is 34.0 Å². The second kappa shape index (κ2) is 8.33. The van der Waals surface area contributed by atoms with E-state index in [0.29, 0.717) is 0 Å². The van der Waals surface area contributed by atoms with Gasteiger partial charge in [0, 0.05) is 18.8 Å². The molecule has 0 radical (unpaired) electrons. The molecule has 0 aromatic heterocycles. The van der Waals surface area contributed by atoms with Crippen molar-refractivity contribution in [1.82, 2.24) is 0 Å². The Kier molecular flexibility index (Phi) is 5.93. The number of carbonyl (C=O) groups excluding carboxylic acids is 1. The normalized spacial score (nSPS) is 13.2. The maximum atomic E-state index is 12.0. The number of ether oxygens (including phenoxy) is 1. The predicted molar refractivity (Wildman–Crippen MR) is 96.0 cm³/mol. The molecular weight excluding hydrogens is 328 g/mol. The van der Waals surface area contributed by atoms with E-state index in [9.17, 15) is 10.1 Å². The van der Waals surface area contributed by atoms with Crippen molar-refractivity contribution in [3.05, 3.63) is 58.4 Å². The molecule has 1 aromatic rings. The lowest BCUT2D eigenvalue weighted by Gasteiger charge is -2.20. The van der Waals surface area contributed by atoms with Crippen LogP contribution in [0.1, 0.15) is 19.4 Å². The van der Waals surface area contributed by atoms with Crippen LogP contribution in [0.4, 0.5) is 5.69 Å². The first-order valence-corrected chi connectivity index (χ1v) is 8.04. The van der Waals surface area contributed by atoms with Gasteiger partial charge in [-0.05, 0) is 37.6 Å². The minimum Gasteiger partial charge on any atom is -0.419 e. The monoisotopic (exact) mass is 344 g/mol. The summed E-state index contributed by atoms with van der Waals surface area (Å²) in [6.45, 7) is 5.98. The minimum absolute atomic E-state index is 0.0262. The van der Waals surface area contributed by atoms with E-state index < -0.39 is 11.5 Å². The first-order chi connectivity index (χ1) is 12.6. The summed E-state index contributed by atoms with van der Waals surface area (Å²) in [6.07, 6.45) is 3.15. The molecule has 2 rings (SSSR count). The highest BCUT2D eigenvalue weighted by molar-refractivity contribution is 6.00. The Morgan fingerprint density at radius 3 is 2.19 bits per heavy atom. The molecule has 1 aromatic carbocycles. The largest absolute Gasteiger partial charge is 0.419 e. The molecule has 1 aliphatic rings. The number of hydrogen-bond donors (Lipinski definition) is 0. The molecule has 0 atom stereocenters. The molecule has 6 heteroatoms. The number of hydrogen-bond acceptors (Lipinski definition) is 6. The SMILES string of the molecule is CCN(CC)c1ccc(/C=C/C2=C(C#N)C(=C(C#N)C#N)OC2=O)cc1. The average molecular weight is 344 g/mol. The molecule has 0 N–H and O–H groups in total. The van der Waals surface area contributed by atoms with Gasteiger partial charge in [0.15, 0.2) is 11.3 Å². The van der Waals surface area contributed by atoms with E-state index in [-0.39, 0.29) is 16.9 Å². The topological polar surface area (TPSA) is 101 Å². The molecule has 26 heavy (non-hydrogen) atoms. The van der Waals surface area contributed by atoms with Crippen molar-refractivity contribution in [2.24, 2.45) is 0 Å². The summed E-state index contributed by atoms with van der Waals surface area (Å²) in [4.78, 5) is 14.2. The molecule has 6 nitrogen and oxygen atoms in total. The van der Waals surface area contributed by atoms with E-state index in [4.69, 9.17) is 15.3 Å². The van der Waals surface area contributed by atoms with Gasteiger partial charge in [0.1, 0.15) is 23.8 Å². The maximum absolute atomic E-state index is 12.0. The first kappa shape index (κ1) is 18.5. The summed E-state index contributed by atoms with van der Waals surface area (Å²) >= 11 is 0. The molecule has 0 unspecified atom stereocenters. The van der Waals surface area contributed by atoms with Crippen molar-refractivity contribution in [3.63, 3.8) is 0 Å². The van der Waals surface area contributed by atoms with Crippen molar-refractivity contribution >= 4 is 17.7 Å². The van der Waals surface area contributed by atoms with Crippen molar-refractivity contribution in [1.29, 1.82) is 15.8 Å². The highest BCUT2D eigenvalue weighted by atomic mass is 16.5. The van der Waals surface area contributed by atoms with Gasteiger partial charge in [0.25, 0.3) is 0 Å². The summed E-state index contributed by atoms with van der Waals surface area (Å²) in [5.41, 5.74) is 1.46. The van der Waals surface area contributed by atoms with E-state index in [2.05, 4.69) is 18.7 Å². The predicted octanol–water partition coefficient (Wildman–Crippen LogP) is 3.22. The fraction of sp³-hybridized carbons (Fsp3) is 0.200. The Labute approximate surface area is 152 Å². The van der Waals surface area contributed by atoms with Gasteiger partial charge < -0.3 is 9.64 Å². The second-order valence-electron chi connectivity index (χ2n) is 5.31. The zero-order valence-corrected chi connectivity index (χ0v) is 14.5. The number of allylic oxidation sites excluding steroid dienone is 2. The third kappa shape index (κ3) is 3.64. The number of rotatable bonds is 5. The van der Waals surface area contributed by atoms with Crippen LogP contribution in [0.2, 0.25) is 0 Å². The van der Waals surface area contributed by atoms with E-state index in [1.54, 1.807) is 18.2 Å². The Bertz CT molecular complexity index is 912. The Morgan fingerprint density at radius 1 is 1.08 bits per heavy atom. The molecule has 0 spiro atoms. The fourth-order valence-corrected chi connectivity index (χ4v) is 2.55. The van der Waals surface area contributed by atoms with E-state index >= 15 is 0 Å². The molecule has 0 fully saturated rings. The standard InChI is InChI=1S/C20H16N4O2/c1-3-24(4-2)16-8-5-14(6-9-16)7-10-17-18(13-23)19(26-20(17)25)15(11-21)12-22/h5-10H,3-4H2,1-2H3/b10-7+. The van der Waals surface area contributed by atoms with Gasteiger partial charge in [0.2, 0.25) is 0 Å². The van der Waals surface area contributed by atoms with Gasteiger partial charge in [-0.2, -0.15) is 15.8 Å². The molecule has 1 aliphatic heterocycles. The van der Waals surface area contributed by atoms with Crippen molar-refractivity contribution in [2.45, 2.75) is 13.8 Å². The van der Waals surface area contributed by atoms with Crippen LogP contribution < -0.4 is 4.90 Å². The van der Waals surface area contributed by atoms with Gasteiger partial charge >= 0.3 is 5.97 Å². The smallest absolute Gasteiger partial charge is 0.345 e. The molecule has 0 bridgehead atoms. The van der Waals surface area contributed by atoms with Gasteiger partial charge in [0.05, 0.1) is 5.57 Å². The Morgan fingerprint density at radius 2 is 1.69 bits per heavy atom. The van der Waals surface area contributed by atoms with Crippen molar-refractivity contribution in [2.75, 3.05) is 18.0 Å². The Balaban J connectivity index is 2.35. The molecule has 128 valence electrons. The van der Waals surface area contributed by atoms with Gasteiger partial charge in [-0.3, -0.25) is 0 Å². The van der Waals surface area contributed by atoms with Gasteiger partial charge in [-0.1, -0.05) is 18.2 Å². The van der Waals surface area contributed by atoms with Crippen LogP contribution in [-0.4, -0.2) is 19.1 Å². The highest BCUT2D eigenvalue weighted by Crippen LogP contribution is 2.29. The van der Waals surface area contributed by atoms with Crippen molar-refractivity contribution in [3.8, 4) is 18.2 Å². The molecule has 0 saturated carbocycles. The van der Waals surface area contributed by atoms with Crippen LogP contribution >= 0.6 is 0 Å². The number of anilines is 1. The van der Waals surface area contributed by atoms with Crippen LogP contribution in [0.5, 0.6) is 0 Å². The first-order valence-electron chi connectivity index (χ1n) is 8.04. The Hall–Kier alpha value is -3.82. The summed E-state index contributed by atoms with van der Waals surface area (Å²) in [5, 5.41) is 27.1. The van der Waals surface area contributed by atoms with E-state index in [1.165, 1.54) is 6.08 Å². The second-order valence-corrected chi connectivity index (χ2v) is 5.31. The van der Waals surface area contributed by atoms with Crippen LogP contribution in [0.3, 0.4) is 0 Å². The third-order valence-corrected chi connectivity index (χ3v) is 3.94. The van der Waals surface area contributed by atoms with Crippen LogP contribution in [0.15, 0.2) is 52.8 Å². The molecule has 0 aliphatic carbocycles. The molecule has 0 amide bonds. The number of cyclic esters (lactones) is 1. The molecule has 1 heterocycles. The average Bonchev–Trinajstić information content (AvgIpc) is 2.98. The van der Waals surface area contributed by atoms with Crippen LogP contribution in [-0.2, 0) is 9.53 Å². The zero-order valence-electron chi connectivity index (χ0n) is 14.5. The summed E-state index contributed by atoms with van der Waals surface area (Å²) in [5.74, 6) is -1.03. The van der Waals surface area contributed by atoms with E-state index in [0.717, 1.165) is 24.3 Å². The third-order valence-electron chi connectivity index (χ3n) is 3.94. The summed E-state index contributed by atoms with van der Waals surface area (Å²) in [7, 11) is 0.